The fraction of sp³-hybridized carbons (Fsp3) is 0.529. The molecule has 1 aliphatic heterocycles. The molecular weight excluding hydrogens is 278 g/mol. The third kappa shape index (κ3) is 4.76. The van der Waals surface area contributed by atoms with Crippen molar-refractivity contribution < 1.29 is 9.59 Å². The van der Waals surface area contributed by atoms with Crippen molar-refractivity contribution in [3.8, 4) is 0 Å². The largest absolute Gasteiger partial charge is 0.378 e. The lowest BCUT2D eigenvalue weighted by Gasteiger charge is -2.20. The molecule has 1 fully saturated rings. The second kappa shape index (κ2) is 7.82. The summed E-state index contributed by atoms with van der Waals surface area (Å²) < 4.78 is 0. The minimum atomic E-state index is -0.244. The molecule has 1 aromatic rings. The number of nitrogens with one attached hydrogen (secondary N) is 1. The van der Waals surface area contributed by atoms with Crippen LogP contribution in [0.5, 0.6) is 0 Å². The fourth-order valence-corrected chi connectivity index (χ4v) is 2.62. The van der Waals surface area contributed by atoms with Crippen LogP contribution in [0.3, 0.4) is 0 Å². The summed E-state index contributed by atoms with van der Waals surface area (Å²) in [5.41, 5.74) is 1.79. The molecule has 1 aromatic carbocycles. The summed E-state index contributed by atoms with van der Waals surface area (Å²) in [4.78, 5) is 28.0. The molecule has 22 heavy (non-hydrogen) atoms. The normalized spacial score (nSPS) is 15.1. The molecule has 2 rings (SSSR count). The Bertz CT molecular complexity index is 503. The predicted octanol–water partition coefficient (Wildman–Crippen LogP) is 2.48. The highest BCUT2D eigenvalue weighted by Gasteiger charge is 2.18. The van der Waals surface area contributed by atoms with Gasteiger partial charge in [0.25, 0.3) is 0 Å². The van der Waals surface area contributed by atoms with Gasteiger partial charge in [-0.25, -0.2) is 0 Å². The zero-order valence-electron chi connectivity index (χ0n) is 13.5. The maximum Gasteiger partial charge on any atom is 0.233 e. The van der Waals surface area contributed by atoms with E-state index in [0.29, 0.717) is 0 Å². The van der Waals surface area contributed by atoms with Crippen LogP contribution in [0.4, 0.5) is 11.4 Å². The zero-order chi connectivity index (χ0) is 15.9. The molecule has 0 aromatic heterocycles. The van der Waals surface area contributed by atoms with Crippen molar-refractivity contribution in [2.45, 2.75) is 32.1 Å². The number of hydrogen-bond donors (Lipinski definition) is 1. The first-order valence-electron chi connectivity index (χ1n) is 7.91. The lowest BCUT2D eigenvalue weighted by atomic mass is 10.2. The topological polar surface area (TPSA) is 52.7 Å². The van der Waals surface area contributed by atoms with E-state index < -0.39 is 0 Å². The van der Waals surface area contributed by atoms with E-state index in [-0.39, 0.29) is 18.2 Å². The van der Waals surface area contributed by atoms with Crippen molar-refractivity contribution in [3.05, 3.63) is 24.3 Å². The van der Waals surface area contributed by atoms with Crippen molar-refractivity contribution in [1.82, 2.24) is 4.90 Å². The van der Waals surface area contributed by atoms with Crippen LogP contribution in [0.15, 0.2) is 24.3 Å². The van der Waals surface area contributed by atoms with Gasteiger partial charge in [-0.15, -0.1) is 0 Å². The number of benzene rings is 1. The van der Waals surface area contributed by atoms with E-state index in [1.165, 1.54) is 12.8 Å². The van der Waals surface area contributed by atoms with Crippen LogP contribution in [0, 0.1) is 0 Å². The lowest BCUT2D eigenvalue weighted by molar-refractivity contribution is -0.134. The molecule has 1 heterocycles. The van der Waals surface area contributed by atoms with Crippen molar-refractivity contribution in [1.29, 1.82) is 0 Å². The lowest BCUT2D eigenvalue weighted by Crippen LogP contribution is -2.34. The summed E-state index contributed by atoms with van der Waals surface area (Å²) in [5.74, 6) is -0.309. The summed E-state index contributed by atoms with van der Waals surface area (Å²) in [7, 11) is 3.93. The van der Waals surface area contributed by atoms with Crippen molar-refractivity contribution in [3.63, 3.8) is 0 Å². The van der Waals surface area contributed by atoms with Crippen molar-refractivity contribution in [2.75, 3.05) is 37.4 Å². The van der Waals surface area contributed by atoms with Gasteiger partial charge in [0, 0.05) is 38.6 Å². The third-order valence-electron chi connectivity index (χ3n) is 3.94. The summed E-state index contributed by atoms with van der Waals surface area (Å²) in [6.45, 7) is 1.56. The highest BCUT2D eigenvalue weighted by atomic mass is 16.2. The number of hydrogen-bond acceptors (Lipinski definition) is 3. The molecule has 1 N–H and O–H groups in total. The molecule has 0 saturated carbocycles. The highest BCUT2D eigenvalue weighted by Crippen LogP contribution is 2.16. The summed E-state index contributed by atoms with van der Waals surface area (Å²) >= 11 is 0. The fourth-order valence-electron chi connectivity index (χ4n) is 2.62. The molecule has 1 saturated heterocycles. The third-order valence-corrected chi connectivity index (χ3v) is 3.94. The molecule has 5 heteroatoms. The van der Waals surface area contributed by atoms with Gasteiger partial charge in [0.15, 0.2) is 0 Å². The highest BCUT2D eigenvalue weighted by molar-refractivity contribution is 6.03. The molecule has 0 aliphatic carbocycles. The molecule has 1 aliphatic rings. The molecular formula is C17H25N3O2. The smallest absolute Gasteiger partial charge is 0.233 e. The van der Waals surface area contributed by atoms with Gasteiger partial charge in [-0.1, -0.05) is 12.8 Å². The predicted molar refractivity (Wildman–Crippen MR) is 89.1 cm³/mol. The molecule has 0 unspecified atom stereocenters. The molecule has 120 valence electrons. The number of carbonyl (C=O) groups excluding carboxylic acids is 2. The summed E-state index contributed by atoms with van der Waals surface area (Å²) in [6.07, 6.45) is 4.36. The van der Waals surface area contributed by atoms with Crippen LogP contribution in [0.25, 0.3) is 0 Å². The quantitative estimate of drug-likeness (QED) is 0.870. The average molecular weight is 303 g/mol. The van der Waals surface area contributed by atoms with E-state index >= 15 is 0 Å². The second-order valence-electron chi connectivity index (χ2n) is 5.96. The Morgan fingerprint density at radius 1 is 1.05 bits per heavy atom. The van der Waals surface area contributed by atoms with E-state index in [1.807, 2.05) is 48.2 Å². The maximum absolute atomic E-state index is 12.2. The van der Waals surface area contributed by atoms with Crippen molar-refractivity contribution >= 4 is 23.2 Å². The molecule has 0 bridgehead atoms. The number of nitrogens with zero attached hydrogens (tertiary/aromatic N) is 2. The minimum Gasteiger partial charge on any atom is -0.378 e. The van der Waals surface area contributed by atoms with Gasteiger partial charge in [0.05, 0.1) is 0 Å². The van der Waals surface area contributed by atoms with Crippen molar-refractivity contribution in [2.24, 2.45) is 0 Å². The first kappa shape index (κ1) is 16.3. The molecule has 0 radical (unpaired) electrons. The Hall–Kier alpha value is -2.04. The molecule has 5 nitrogen and oxygen atoms in total. The summed E-state index contributed by atoms with van der Waals surface area (Å²) in [5, 5.41) is 2.79. The molecule has 0 atom stereocenters. The monoisotopic (exact) mass is 303 g/mol. The van der Waals surface area contributed by atoms with Gasteiger partial charge in [-0.3, -0.25) is 9.59 Å². The standard InChI is InChI=1S/C17H25N3O2/c1-19(2)15-9-7-14(8-10-15)18-16(21)13-17(22)20-11-5-3-4-6-12-20/h7-10H,3-6,11-13H2,1-2H3,(H,18,21). The van der Waals surface area contributed by atoms with E-state index in [4.69, 9.17) is 0 Å². The number of rotatable bonds is 4. The number of likely N-dealkylation sites (tertiary alicyclic amines) is 1. The van der Waals surface area contributed by atoms with Gasteiger partial charge in [-0.2, -0.15) is 0 Å². The van der Waals surface area contributed by atoms with E-state index in [0.717, 1.165) is 37.3 Å². The maximum atomic E-state index is 12.2. The second-order valence-corrected chi connectivity index (χ2v) is 5.96. The average Bonchev–Trinajstić information content (AvgIpc) is 2.76. The number of carbonyl (C=O) groups is 2. The zero-order valence-corrected chi connectivity index (χ0v) is 13.5. The molecule has 2 amide bonds. The molecule has 0 spiro atoms. The minimum absolute atomic E-state index is 0.0655. The van der Waals surface area contributed by atoms with Crippen LogP contribution < -0.4 is 10.2 Å². The summed E-state index contributed by atoms with van der Waals surface area (Å²) in [6, 6.07) is 7.58. The van der Waals surface area contributed by atoms with Gasteiger partial charge >= 0.3 is 0 Å². The van der Waals surface area contributed by atoms with Gasteiger partial charge < -0.3 is 15.1 Å². The van der Waals surface area contributed by atoms with Gasteiger partial charge in [0.1, 0.15) is 6.42 Å². The Kier molecular flexibility index (Phi) is 5.81. The Balaban J connectivity index is 1.85. The van der Waals surface area contributed by atoms with Crippen LogP contribution in [0.2, 0.25) is 0 Å². The van der Waals surface area contributed by atoms with Crippen LogP contribution in [-0.2, 0) is 9.59 Å². The number of amides is 2. The first-order valence-corrected chi connectivity index (χ1v) is 7.91. The van der Waals surface area contributed by atoms with Crippen LogP contribution in [0.1, 0.15) is 32.1 Å². The van der Waals surface area contributed by atoms with Crippen LogP contribution in [-0.4, -0.2) is 43.9 Å². The van der Waals surface area contributed by atoms with Gasteiger partial charge in [0.2, 0.25) is 11.8 Å². The Morgan fingerprint density at radius 2 is 1.64 bits per heavy atom. The Labute approximate surface area is 132 Å². The van der Waals surface area contributed by atoms with Crippen LogP contribution >= 0.6 is 0 Å². The Morgan fingerprint density at radius 3 is 2.18 bits per heavy atom. The van der Waals surface area contributed by atoms with E-state index in [9.17, 15) is 9.59 Å². The number of anilines is 2. The van der Waals surface area contributed by atoms with Gasteiger partial charge in [-0.05, 0) is 37.1 Å². The SMILES string of the molecule is CN(C)c1ccc(NC(=O)CC(=O)N2CCCCCC2)cc1. The first-order chi connectivity index (χ1) is 10.6. The van der Waals surface area contributed by atoms with E-state index in [1.54, 1.807) is 0 Å². The van der Waals surface area contributed by atoms with E-state index in [2.05, 4.69) is 5.32 Å².